The Balaban J connectivity index is 3.67. The van der Waals surface area contributed by atoms with Crippen molar-refractivity contribution in [1.82, 2.24) is 9.42 Å². The van der Waals surface area contributed by atoms with E-state index in [9.17, 15) is 22.8 Å². The highest BCUT2D eigenvalue weighted by Gasteiger charge is 2.51. The molecule has 2 amide bonds. The molecule has 9 nitrogen and oxygen atoms in total. The number of rotatable bonds is 11. The molecule has 0 N–H and O–H groups in total. The Morgan fingerprint density at radius 3 is 2.06 bits per heavy atom. The van der Waals surface area contributed by atoms with Crippen LogP contribution < -0.4 is 0 Å². The smallest absolute Gasteiger partial charge is 0.435 e. The van der Waals surface area contributed by atoms with Gasteiger partial charge in [-0.3, -0.25) is 4.79 Å². The average molecular weight is 497 g/mol. The van der Waals surface area contributed by atoms with Crippen LogP contribution in [0.1, 0.15) is 53.4 Å². The van der Waals surface area contributed by atoms with E-state index in [1.165, 1.54) is 19.1 Å². The van der Waals surface area contributed by atoms with Crippen LogP contribution in [0.25, 0.3) is 0 Å². The summed E-state index contributed by atoms with van der Waals surface area (Å²) in [6.45, 7) is 13.3. The summed E-state index contributed by atoms with van der Waals surface area (Å²) in [5, 5.41) is 0.295. The van der Waals surface area contributed by atoms with Crippen molar-refractivity contribution in [1.29, 1.82) is 0 Å². The molecule has 34 heavy (non-hydrogen) atoms. The maximum Gasteiger partial charge on any atom is 0.435 e. The first-order valence-corrected chi connectivity index (χ1v) is 12.8. The molecule has 0 fully saturated rings. The van der Waals surface area contributed by atoms with Crippen molar-refractivity contribution in [2.75, 3.05) is 19.5 Å². The molecule has 0 aromatic rings. The highest BCUT2D eigenvalue weighted by Crippen LogP contribution is 2.42. The summed E-state index contributed by atoms with van der Waals surface area (Å²) in [5.74, 6) is -0.274. The molecule has 0 spiro atoms. The van der Waals surface area contributed by atoms with Crippen molar-refractivity contribution in [3.05, 3.63) is 48.6 Å². The Hall–Kier alpha value is -2.72. The van der Waals surface area contributed by atoms with Gasteiger partial charge in [0.2, 0.25) is 10.0 Å². The number of hydrogen-bond acceptors (Lipinski definition) is 7. The third-order valence-electron chi connectivity index (χ3n) is 5.60. The average Bonchev–Trinajstić information content (AvgIpc) is 2.74. The summed E-state index contributed by atoms with van der Waals surface area (Å²) in [4.78, 5) is 38.5. The molecule has 1 aliphatic rings. The van der Waals surface area contributed by atoms with Crippen molar-refractivity contribution in [3.63, 3.8) is 0 Å². The molecule has 0 saturated heterocycles. The van der Waals surface area contributed by atoms with Gasteiger partial charge in [-0.05, 0) is 46.5 Å². The van der Waals surface area contributed by atoms with Crippen molar-refractivity contribution >= 4 is 28.0 Å². The summed E-state index contributed by atoms with van der Waals surface area (Å²) in [6, 6.07) is -1.15. The number of imide groups is 1. The zero-order valence-corrected chi connectivity index (χ0v) is 21.5. The molecule has 0 saturated carbocycles. The van der Waals surface area contributed by atoms with Gasteiger partial charge in [-0.25, -0.2) is 18.0 Å². The molecular formula is C24H36N2O7S. The first-order chi connectivity index (χ1) is 15.8. The monoisotopic (exact) mass is 496 g/mol. The number of Topliss-reactive ketones (excluding diaryl/α,β-unsaturated/α-hetero) is 1. The van der Waals surface area contributed by atoms with E-state index in [4.69, 9.17) is 9.47 Å². The predicted octanol–water partition coefficient (Wildman–Crippen LogP) is 4.54. The van der Waals surface area contributed by atoms with Crippen LogP contribution in [-0.2, 0) is 24.3 Å². The van der Waals surface area contributed by atoms with Crippen molar-refractivity contribution in [3.8, 4) is 0 Å². The third-order valence-corrected chi connectivity index (χ3v) is 6.67. The summed E-state index contributed by atoms with van der Waals surface area (Å²) in [5.41, 5.74) is 0.882. The van der Waals surface area contributed by atoms with Crippen molar-refractivity contribution in [2.45, 2.75) is 59.4 Å². The van der Waals surface area contributed by atoms with Gasteiger partial charge in [-0.15, -0.1) is 5.01 Å². The SMILES string of the molecule is C=CCOC(=O)N(C(=O)OCC=C)N([C@@H]1C=C(CCC=C(C)C)CC[C@@]1(C)C(C)=O)S(C)(=O)=O. The van der Waals surface area contributed by atoms with Crippen LogP contribution in [0.4, 0.5) is 9.59 Å². The van der Waals surface area contributed by atoms with Gasteiger partial charge < -0.3 is 9.47 Å². The first kappa shape index (κ1) is 29.3. The number of amides is 2. The van der Waals surface area contributed by atoms with Gasteiger partial charge >= 0.3 is 12.2 Å². The first-order valence-electron chi connectivity index (χ1n) is 11.0. The molecule has 2 atom stereocenters. The van der Waals surface area contributed by atoms with Crippen LogP contribution in [0.5, 0.6) is 0 Å². The van der Waals surface area contributed by atoms with Gasteiger partial charge in [0.1, 0.15) is 19.0 Å². The highest BCUT2D eigenvalue weighted by atomic mass is 32.2. The third kappa shape index (κ3) is 7.66. The van der Waals surface area contributed by atoms with Crippen LogP contribution in [-0.4, -0.2) is 61.3 Å². The van der Waals surface area contributed by atoms with E-state index in [1.54, 1.807) is 13.0 Å². The molecule has 10 heteroatoms. The van der Waals surface area contributed by atoms with E-state index in [-0.39, 0.29) is 19.0 Å². The molecule has 0 aromatic heterocycles. The maximum absolute atomic E-state index is 13.0. The molecule has 0 bridgehead atoms. The van der Waals surface area contributed by atoms with Gasteiger partial charge in [0, 0.05) is 5.41 Å². The van der Waals surface area contributed by atoms with Gasteiger partial charge in [-0.2, -0.15) is 0 Å². The number of nitrogens with zero attached hydrogens (tertiary/aromatic N) is 2. The van der Waals surface area contributed by atoms with Gasteiger partial charge in [0.25, 0.3) is 0 Å². The Morgan fingerprint density at radius 1 is 1.12 bits per heavy atom. The normalized spacial score (nSPS) is 20.1. The quantitative estimate of drug-likeness (QED) is 0.305. The highest BCUT2D eigenvalue weighted by molar-refractivity contribution is 7.88. The van der Waals surface area contributed by atoms with E-state index in [1.807, 2.05) is 13.8 Å². The minimum absolute atomic E-state index is 0.264. The minimum Gasteiger partial charge on any atom is -0.444 e. The lowest BCUT2D eigenvalue weighted by atomic mass is 9.70. The minimum atomic E-state index is -4.27. The number of ketones is 1. The summed E-state index contributed by atoms with van der Waals surface area (Å²) in [7, 11) is -4.27. The maximum atomic E-state index is 13.0. The van der Waals surface area contributed by atoms with Crippen molar-refractivity contribution in [2.24, 2.45) is 5.41 Å². The van der Waals surface area contributed by atoms with Crippen molar-refractivity contribution < 1.29 is 32.3 Å². The molecule has 1 aliphatic carbocycles. The molecule has 0 heterocycles. The zero-order valence-electron chi connectivity index (χ0n) is 20.7. The van der Waals surface area contributed by atoms with Gasteiger partial charge in [0.15, 0.2) is 0 Å². The van der Waals surface area contributed by atoms with Crippen LogP contribution in [0.3, 0.4) is 0 Å². The Bertz CT molecular complexity index is 940. The topological polar surface area (TPSA) is 110 Å². The summed E-state index contributed by atoms with van der Waals surface area (Å²) < 4.78 is 36.6. The molecular weight excluding hydrogens is 460 g/mol. The zero-order chi connectivity index (χ0) is 26.1. The number of sulfonamides is 1. The fourth-order valence-electron chi connectivity index (χ4n) is 3.60. The Kier molecular flexibility index (Phi) is 10.9. The predicted molar refractivity (Wildman–Crippen MR) is 130 cm³/mol. The van der Waals surface area contributed by atoms with Crippen LogP contribution in [0.15, 0.2) is 48.6 Å². The molecule has 0 unspecified atom stereocenters. The lowest BCUT2D eigenvalue weighted by molar-refractivity contribution is -0.130. The number of hydrogen-bond donors (Lipinski definition) is 0. The second-order valence-electron chi connectivity index (χ2n) is 8.64. The summed E-state index contributed by atoms with van der Waals surface area (Å²) in [6.07, 6.45) is 6.92. The largest absolute Gasteiger partial charge is 0.444 e. The second kappa shape index (κ2) is 12.7. The van der Waals surface area contributed by atoms with Gasteiger partial charge in [0.05, 0.1) is 12.3 Å². The standard InChI is InChI=1S/C24H36N2O7S/c1-8-15-32-22(28)25(23(29)33-16-9-2)26(34(7,30)31)21-17-20(12-10-11-18(3)4)13-14-24(21,6)19(5)27/h8-9,11,17,21H,1-2,10,12-16H2,3-7H3/t21-,24+/m1/s1. The fourth-order valence-corrected chi connectivity index (χ4v) is 4.74. The molecule has 0 aromatic carbocycles. The lowest BCUT2D eigenvalue weighted by Gasteiger charge is -2.45. The van der Waals surface area contributed by atoms with E-state index in [2.05, 4.69) is 19.2 Å². The molecule has 0 radical (unpaired) electrons. The number of carbonyl (C=O) groups excluding carboxylic acids is 3. The van der Waals surface area contributed by atoms with E-state index in [0.717, 1.165) is 23.8 Å². The molecule has 190 valence electrons. The van der Waals surface area contributed by atoms with Crippen LogP contribution in [0, 0.1) is 5.41 Å². The number of carbonyl (C=O) groups is 3. The number of hydrazine groups is 1. The van der Waals surface area contributed by atoms with E-state index in [0.29, 0.717) is 28.7 Å². The van der Waals surface area contributed by atoms with Gasteiger partial charge in [-0.1, -0.05) is 59.9 Å². The fraction of sp³-hybridized carbons (Fsp3) is 0.542. The van der Waals surface area contributed by atoms with Crippen LogP contribution >= 0.6 is 0 Å². The van der Waals surface area contributed by atoms with E-state index < -0.39 is 33.7 Å². The number of ether oxygens (including phenoxy) is 2. The Morgan fingerprint density at radius 2 is 1.65 bits per heavy atom. The lowest BCUT2D eigenvalue weighted by Crippen LogP contribution is -2.62. The number of allylic oxidation sites excluding steroid dienone is 3. The Labute approximate surface area is 202 Å². The van der Waals surface area contributed by atoms with E-state index >= 15 is 0 Å². The summed E-state index contributed by atoms with van der Waals surface area (Å²) >= 11 is 0. The molecule has 0 aliphatic heterocycles. The molecule has 1 rings (SSSR count). The second-order valence-corrected chi connectivity index (χ2v) is 10.5. The van der Waals surface area contributed by atoms with Crippen LogP contribution in [0.2, 0.25) is 0 Å².